The van der Waals surface area contributed by atoms with Crippen molar-refractivity contribution in [3.8, 4) is 11.1 Å². The van der Waals surface area contributed by atoms with Crippen LogP contribution in [0.4, 0.5) is 8.78 Å². The molecule has 0 fully saturated rings. The second-order valence-electron chi connectivity index (χ2n) is 6.26. The third kappa shape index (κ3) is 4.37. The van der Waals surface area contributed by atoms with Crippen LogP contribution in [0.15, 0.2) is 48.3 Å². The van der Waals surface area contributed by atoms with Crippen molar-refractivity contribution in [2.24, 2.45) is 0 Å². The first kappa shape index (κ1) is 19.8. The average molecular weight is 358 g/mol. The summed E-state index contributed by atoms with van der Waals surface area (Å²) < 4.78 is 29.1. The Labute approximate surface area is 153 Å². The minimum absolute atomic E-state index is 0.0189. The van der Waals surface area contributed by atoms with E-state index in [1.807, 2.05) is 13.0 Å². The van der Waals surface area contributed by atoms with E-state index in [9.17, 15) is 18.7 Å². The zero-order valence-corrected chi connectivity index (χ0v) is 15.2. The van der Waals surface area contributed by atoms with E-state index in [1.54, 1.807) is 31.2 Å². The van der Waals surface area contributed by atoms with Gasteiger partial charge in [-0.2, -0.15) is 0 Å². The largest absolute Gasteiger partial charge is 0.478 e. The number of carboxylic acids is 1. The summed E-state index contributed by atoms with van der Waals surface area (Å²) >= 11 is 0. The molecule has 0 amide bonds. The summed E-state index contributed by atoms with van der Waals surface area (Å²) in [6, 6.07) is 11.8. The maximum Gasteiger partial charge on any atom is 0.335 e. The number of carbonyl (C=O) groups is 1. The average Bonchev–Trinajstić information content (AvgIpc) is 2.65. The molecular weight excluding hydrogens is 334 g/mol. The lowest BCUT2D eigenvalue weighted by atomic mass is 9.87. The van der Waals surface area contributed by atoms with Crippen molar-refractivity contribution in [3.05, 3.63) is 65.0 Å². The van der Waals surface area contributed by atoms with Crippen LogP contribution in [-0.4, -0.2) is 11.1 Å². The van der Waals surface area contributed by atoms with Crippen molar-refractivity contribution >= 4 is 11.8 Å². The molecule has 0 unspecified atom stereocenters. The minimum atomic E-state index is -1.06. The number of carboxylic acid groups (broad SMARTS) is 1. The van der Waals surface area contributed by atoms with E-state index < -0.39 is 17.6 Å². The maximum absolute atomic E-state index is 14.9. The number of hydrogen-bond donors (Lipinski definition) is 1. The second kappa shape index (κ2) is 9.27. The van der Waals surface area contributed by atoms with Crippen LogP contribution in [0.2, 0.25) is 0 Å². The van der Waals surface area contributed by atoms with Gasteiger partial charge < -0.3 is 5.11 Å². The normalized spacial score (nSPS) is 12.0. The molecule has 138 valence electrons. The first-order valence-electron chi connectivity index (χ1n) is 9.00. The number of benzene rings is 2. The van der Waals surface area contributed by atoms with Crippen LogP contribution in [0, 0.1) is 0 Å². The lowest BCUT2D eigenvalue weighted by molar-refractivity contribution is 0.0695. The summed E-state index contributed by atoms with van der Waals surface area (Å²) in [5.41, 5.74) is 1.99. The van der Waals surface area contributed by atoms with Gasteiger partial charge in [0.25, 0.3) is 0 Å². The number of halogens is 2. The predicted molar refractivity (Wildman–Crippen MR) is 101 cm³/mol. The number of hydrogen-bond acceptors (Lipinski definition) is 1. The van der Waals surface area contributed by atoms with E-state index in [2.05, 4.69) is 0 Å². The molecule has 0 aliphatic heterocycles. The van der Waals surface area contributed by atoms with Crippen LogP contribution in [0.3, 0.4) is 0 Å². The van der Waals surface area contributed by atoms with Crippen LogP contribution >= 0.6 is 0 Å². The van der Waals surface area contributed by atoms with E-state index in [1.165, 1.54) is 12.1 Å². The fraction of sp³-hybridized carbons (Fsp3) is 0.318. The van der Waals surface area contributed by atoms with Gasteiger partial charge in [0.2, 0.25) is 0 Å². The first-order chi connectivity index (χ1) is 12.5. The van der Waals surface area contributed by atoms with Gasteiger partial charge in [-0.25, -0.2) is 13.6 Å². The Hall–Kier alpha value is -2.49. The highest BCUT2D eigenvalue weighted by molar-refractivity contribution is 5.95. The van der Waals surface area contributed by atoms with Crippen molar-refractivity contribution in [3.63, 3.8) is 0 Å². The highest BCUT2D eigenvalue weighted by atomic mass is 19.2. The van der Waals surface area contributed by atoms with Crippen LogP contribution in [0.25, 0.3) is 17.0 Å². The summed E-state index contributed by atoms with van der Waals surface area (Å²) in [6.07, 6.45) is 2.66. The van der Waals surface area contributed by atoms with Gasteiger partial charge in [-0.15, -0.1) is 0 Å². The number of aromatic carboxylic acids is 1. The maximum atomic E-state index is 14.9. The standard InChI is InChI=1S/C22H24F2O2/c1-3-5-12-16-17(22(25)26)13-14-18(21(24)19(23)9-4-2)20(16)15-10-7-6-8-11-15/h6-8,10-11,13-14H,3-5,9,12H2,1-2H3,(H,25,26)/b21-19+. The van der Waals surface area contributed by atoms with E-state index in [4.69, 9.17) is 0 Å². The molecule has 2 rings (SSSR count). The highest BCUT2D eigenvalue weighted by Crippen LogP contribution is 2.37. The van der Waals surface area contributed by atoms with Gasteiger partial charge in [-0.3, -0.25) is 0 Å². The Morgan fingerprint density at radius 1 is 0.962 bits per heavy atom. The molecule has 2 nitrogen and oxygen atoms in total. The van der Waals surface area contributed by atoms with Gasteiger partial charge in [0.1, 0.15) is 5.83 Å². The molecule has 0 heterocycles. The molecule has 0 saturated carbocycles. The Kier molecular flexibility index (Phi) is 7.07. The molecule has 0 aliphatic rings. The van der Waals surface area contributed by atoms with Gasteiger partial charge in [-0.1, -0.05) is 56.7 Å². The van der Waals surface area contributed by atoms with E-state index in [0.29, 0.717) is 29.5 Å². The van der Waals surface area contributed by atoms with Crippen LogP contribution in [0.5, 0.6) is 0 Å². The van der Waals surface area contributed by atoms with E-state index in [0.717, 1.165) is 12.8 Å². The summed E-state index contributed by atoms with van der Waals surface area (Å²) in [4.78, 5) is 11.7. The minimum Gasteiger partial charge on any atom is -0.478 e. The van der Waals surface area contributed by atoms with Crippen molar-refractivity contribution in [1.29, 1.82) is 0 Å². The molecular formula is C22H24F2O2. The Bertz CT molecular complexity index is 795. The molecule has 1 N–H and O–H groups in total. The predicted octanol–water partition coefficient (Wildman–Crippen LogP) is 6.80. The monoisotopic (exact) mass is 358 g/mol. The lowest BCUT2D eigenvalue weighted by Crippen LogP contribution is -2.07. The quantitative estimate of drug-likeness (QED) is 0.563. The molecule has 0 aliphatic carbocycles. The molecule has 0 radical (unpaired) electrons. The lowest BCUT2D eigenvalue weighted by Gasteiger charge is -2.17. The fourth-order valence-electron chi connectivity index (χ4n) is 3.05. The smallest absolute Gasteiger partial charge is 0.335 e. The van der Waals surface area contributed by atoms with Crippen molar-refractivity contribution in [1.82, 2.24) is 0 Å². The van der Waals surface area contributed by atoms with Crippen LogP contribution < -0.4 is 0 Å². The Balaban J connectivity index is 2.80. The molecule has 2 aromatic carbocycles. The third-order valence-corrected chi connectivity index (χ3v) is 4.33. The Morgan fingerprint density at radius 2 is 1.62 bits per heavy atom. The van der Waals surface area contributed by atoms with E-state index >= 15 is 0 Å². The summed E-state index contributed by atoms with van der Waals surface area (Å²) in [5.74, 6) is -2.76. The van der Waals surface area contributed by atoms with Gasteiger partial charge in [-0.05, 0) is 42.0 Å². The molecule has 0 atom stereocenters. The van der Waals surface area contributed by atoms with Gasteiger partial charge in [0.15, 0.2) is 5.83 Å². The Morgan fingerprint density at radius 3 is 2.19 bits per heavy atom. The van der Waals surface area contributed by atoms with Crippen molar-refractivity contribution in [2.45, 2.75) is 46.0 Å². The molecule has 26 heavy (non-hydrogen) atoms. The molecule has 2 aromatic rings. The topological polar surface area (TPSA) is 37.3 Å². The molecule has 0 bridgehead atoms. The number of allylic oxidation sites excluding steroid dienone is 1. The molecule has 0 spiro atoms. The molecule has 0 saturated heterocycles. The van der Waals surface area contributed by atoms with Crippen molar-refractivity contribution in [2.75, 3.05) is 0 Å². The SMILES string of the molecule is CCCCc1c(C(=O)O)ccc(/C(F)=C(\F)CCC)c1-c1ccccc1. The highest BCUT2D eigenvalue weighted by Gasteiger charge is 2.22. The van der Waals surface area contributed by atoms with Crippen LogP contribution in [0.1, 0.15) is 61.0 Å². The van der Waals surface area contributed by atoms with Gasteiger partial charge in [0.05, 0.1) is 5.56 Å². The zero-order chi connectivity index (χ0) is 19.1. The first-order valence-corrected chi connectivity index (χ1v) is 9.00. The second-order valence-corrected chi connectivity index (χ2v) is 6.26. The third-order valence-electron chi connectivity index (χ3n) is 4.33. The van der Waals surface area contributed by atoms with E-state index in [-0.39, 0.29) is 17.5 Å². The molecule has 0 aromatic heterocycles. The summed E-state index contributed by atoms with van der Waals surface area (Å²) in [6.45, 7) is 3.79. The van der Waals surface area contributed by atoms with Crippen LogP contribution in [-0.2, 0) is 6.42 Å². The molecule has 4 heteroatoms. The van der Waals surface area contributed by atoms with Crippen molar-refractivity contribution < 1.29 is 18.7 Å². The van der Waals surface area contributed by atoms with Gasteiger partial charge in [0, 0.05) is 12.0 Å². The fourth-order valence-corrected chi connectivity index (χ4v) is 3.05. The summed E-state index contributed by atoms with van der Waals surface area (Å²) in [7, 11) is 0. The summed E-state index contributed by atoms with van der Waals surface area (Å²) in [5, 5.41) is 9.58. The number of unbranched alkanes of at least 4 members (excludes halogenated alkanes) is 1. The van der Waals surface area contributed by atoms with Gasteiger partial charge >= 0.3 is 5.97 Å². The zero-order valence-electron chi connectivity index (χ0n) is 15.2. The number of rotatable bonds is 8.